The van der Waals surface area contributed by atoms with E-state index in [-0.39, 0.29) is 12.8 Å². The van der Waals surface area contributed by atoms with E-state index in [0.29, 0.717) is 0 Å². The van der Waals surface area contributed by atoms with Gasteiger partial charge in [-0.15, -0.1) is 0 Å². The van der Waals surface area contributed by atoms with Crippen LogP contribution < -0.4 is 0 Å². The third-order valence-electron chi connectivity index (χ3n) is 7.93. The first-order valence-corrected chi connectivity index (χ1v) is 16.4. The fourth-order valence-corrected chi connectivity index (χ4v) is 6.07. The minimum absolute atomic E-state index is 0. The Hall–Kier alpha value is 0.650. The SMILES string of the molecule is C.CC1(CCCBr)CCC1.CSCCCC1(C(=O)O)CCC1.CSCCCC1(C)CCC1. The molecule has 2 nitrogen and oxygen atoms in total. The minimum atomic E-state index is -0.574. The van der Waals surface area contributed by atoms with Crippen LogP contribution in [-0.4, -0.2) is 40.4 Å². The first-order valence-electron chi connectivity index (χ1n) is 12.5. The molecule has 32 heavy (non-hydrogen) atoms. The summed E-state index contributed by atoms with van der Waals surface area (Å²) in [6.07, 6.45) is 23.6. The average molecular weight is 554 g/mol. The molecule has 0 bridgehead atoms. The summed E-state index contributed by atoms with van der Waals surface area (Å²) in [5.41, 5.74) is 1.18. The van der Waals surface area contributed by atoms with E-state index in [2.05, 4.69) is 42.3 Å². The van der Waals surface area contributed by atoms with Gasteiger partial charge in [-0.1, -0.05) is 56.5 Å². The van der Waals surface area contributed by atoms with Crippen molar-refractivity contribution >= 4 is 45.4 Å². The molecule has 3 saturated carbocycles. The summed E-state index contributed by atoms with van der Waals surface area (Å²) in [5, 5.41) is 10.2. The highest BCUT2D eigenvalue weighted by atomic mass is 79.9. The number of hydrogen-bond acceptors (Lipinski definition) is 3. The van der Waals surface area contributed by atoms with Crippen LogP contribution >= 0.6 is 39.5 Å². The Balaban J connectivity index is 0.000000448. The van der Waals surface area contributed by atoms with Gasteiger partial charge in [-0.25, -0.2) is 0 Å². The number of carboxylic acids is 1. The third kappa shape index (κ3) is 11.9. The largest absolute Gasteiger partial charge is 0.481 e. The monoisotopic (exact) mass is 552 g/mol. The van der Waals surface area contributed by atoms with E-state index in [1.54, 1.807) is 11.8 Å². The van der Waals surface area contributed by atoms with Crippen molar-refractivity contribution in [2.24, 2.45) is 16.2 Å². The molecule has 0 aromatic heterocycles. The van der Waals surface area contributed by atoms with E-state index >= 15 is 0 Å². The molecular formula is C27H53BrO2S2. The van der Waals surface area contributed by atoms with Crippen molar-refractivity contribution in [3.63, 3.8) is 0 Å². The highest BCUT2D eigenvalue weighted by molar-refractivity contribution is 9.09. The Morgan fingerprint density at radius 3 is 1.47 bits per heavy atom. The molecule has 192 valence electrons. The summed E-state index contributed by atoms with van der Waals surface area (Å²) < 4.78 is 0. The lowest BCUT2D eigenvalue weighted by atomic mass is 9.66. The molecule has 3 aliphatic carbocycles. The molecule has 3 fully saturated rings. The van der Waals surface area contributed by atoms with Gasteiger partial charge in [-0.3, -0.25) is 4.79 Å². The van der Waals surface area contributed by atoms with Crippen molar-refractivity contribution in [2.45, 2.75) is 118 Å². The second-order valence-corrected chi connectivity index (χ2v) is 13.5. The molecule has 0 heterocycles. The van der Waals surface area contributed by atoms with E-state index in [0.717, 1.165) is 48.7 Å². The fraction of sp³-hybridized carbons (Fsp3) is 0.963. The summed E-state index contributed by atoms with van der Waals surface area (Å²) in [4.78, 5) is 10.9. The topological polar surface area (TPSA) is 37.3 Å². The van der Waals surface area contributed by atoms with E-state index in [1.807, 2.05) is 11.8 Å². The lowest BCUT2D eigenvalue weighted by Crippen LogP contribution is -2.37. The van der Waals surface area contributed by atoms with Gasteiger partial charge in [0.25, 0.3) is 0 Å². The molecule has 0 amide bonds. The predicted octanol–water partition coefficient (Wildman–Crippen LogP) is 9.69. The number of halogens is 1. The molecule has 0 unspecified atom stereocenters. The van der Waals surface area contributed by atoms with Gasteiger partial charge in [0.05, 0.1) is 5.41 Å². The smallest absolute Gasteiger partial charge is 0.309 e. The Labute approximate surface area is 217 Å². The van der Waals surface area contributed by atoms with Gasteiger partial charge in [0, 0.05) is 5.33 Å². The first kappa shape index (κ1) is 32.7. The maximum absolute atomic E-state index is 10.9. The Morgan fingerprint density at radius 2 is 1.19 bits per heavy atom. The molecule has 3 rings (SSSR count). The normalized spacial score (nSPS) is 21.0. The summed E-state index contributed by atoms with van der Waals surface area (Å²) >= 11 is 7.23. The van der Waals surface area contributed by atoms with Gasteiger partial charge in [0.1, 0.15) is 0 Å². The van der Waals surface area contributed by atoms with Crippen molar-refractivity contribution in [3.8, 4) is 0 Å². The van der Waals surface area contributed by atoms with Gasteiger partial charge in [-0.2, -0.15) is 23.5 Å². The number of rotatable bonds is 12. The summed E-state index contributed by atoms with van der Waals surface area (Å²) in [6.45, 7) is 4.86. The zero-order chi connectivity index (χ0) is 23.2. The number of carbonyl (C=O) groups is 1. The quantitative estimate of drug-likeness (QED) is 0.193. The van der Waals surface area contributed by atoms with Crippen molar-refractivity contribution in [1.29, 1.82) is 0 Å². The van der Waals surface area contributed by atoms with Crippen LogP contribution in [0.15, 0.2) is 0 Å². The molecule has 3 aliphatic rings. The Morgan fingerprint density at radius 1 is 0.781 bits per heavy atom. The highest BCUT2D eigenvalue weighted by Gasteiger charge is 2.43. The predicted molar refractivity (Wildman–Crippen MR) is 153 cm³/mol. The van der Waals surface area contributed by atoms with Crippen LogP contribution in [0.2, 0.25) is 0 Å². The molecular weight excluding hydrogens is 500 g/mol. The van der Waals surface area contributed by atoms with Crippen LogP contribution in [0.4, 0.5) is 0 Å². The molecule has 0 aliphatic heterocycles. The maximum Gasteiger partial charge on any atom is 0.309 e. The second-order valence-electron chi connectivity index (χ2n) is 10.8. The summed E-state index contributed by atoms with van der Waals surface area (Å²) in [5.74, 6) is 1.87. The average Bonchev–Trinajstić information content (AvgIpc) is 2.66. The molecule has 1 N–H and O–H groups in total. The van der Waals surface area contributed by atoms with Crippen LogP contribution in [0.25, 0.3) is 0 Å². The molecule has 0 atom stereocenters. The van der Waals surface area contributed by atoms with Crippen LogP contribution in [0, 0.1) is 16.2 Å². The number of aliphatic carboxylic acids is 1. The van der Waals surface area contributed by atoms with Gasteiger partial charge in [0.2, 0.25) is 0 Å². The third-order valence-corrected chi connectivity index (χ3v) is 9.89. The van der Waals surface area contributed by atoms with E-state index in [9.17, 15) is 4.79 Å². The fourth-order valence-electron chi connectivity index (χ4n) is 4.93. The number of hydrogen-bond donors (Lipinski definition) is 1. The highest BCUT2D eigenvalue weighted by Crippen LogP contribution is 2.46. The van der Waals surface area contributed by atoms with Gasteiger partial charge >= 0.3 is 5.97 Å². The van der Waals surface area contributed by atoms with E-state index in [1.165, 1.54) is 75.3 Å². The number of carboxylic acid groups (broad SMARTS) is 1. The van der Waals surface area contributed by atoms with Crippen molar-refractivity contribution < 1.29 is 9.90 Å². The standard InChI is InChI=1S/C9H16O2S.C9H18S.C8H15Br.CH4/c1-12-7-3-6-9(8(10)11)4-2-5-9;1-9(5-3-6-9)7-4-8-10-2;1-8(4-2-5-8)6-3-7-9;/h2-7H2,1H3,(H,10,11);3-8H2,1-2H3;2-7H2,1H3;1H4. The van der Waals surface area contributed by atoms with E-state index < -0.39 is 5.97 Å². The second kappa shape index (κ2) is 17.1. The van der Waals surface area contributed by atoms with Crippen molar-refractivity contribution in [1.82, 2.24) is 0 Å². The van der Waals surface area contributed by atoms with Gasteiger partial charge in [-0.05, 0) is 112 Å². The lowest BCUT2D eigenvalue weighted by molar-refractivity contribution is -0.155. The number of thioether (sulfide) groups is 2. The first-order chi connectivity index (χ1) is 14.7. The van der Waals surface area contributed by atoms with Crippen LogP contribution in [0.3, 0.4) is 0 Å². The Kier molecular flexibility index (Phi) is 17.5. The molecule has 0 aromatic rings. The van der Waals surface area contributed by atoms with Crippen molar-refractivity contribution in [3.05, 3.63) is 0 Å². The zero-order valence-corrected chi connectivity index (χ0v) is 24.0. The minimum Gasteiger partial charge on any atom is -0.481 e. The number of alkyl halides is 1. The lowest BCUT2D eigenvalue weighted by Gasteiger charge is -2.38. The molecule has 0 aromatic carbocycles. The van der Waals surface area contributed by atoms with Crippen LogP contribution in [0.1, 0.15) is 118 Å². The van der Waals surface area contributed by atoms with Gasteiger partial charge in [0.15, 0.2) is 0 Å². The molecule has 0 spiro atoms. The van der Waals surface area contributed by atoms with Crippen molar-refractivity contribution in [2.75, 3.05) is 29.3 Å². The maximum atomic E-state index is 10.9. The Bertz CT molecular complexity index is 486. The summed E-state index contributed by atoms with van der Waals surface area (Å²) in [6, 6.07) is 0. The van der Waals surface area contributed by atoms with Crippen LogP contribution in [0.5, 0.6) is 0 Å². The molecule has 0 radical (unpaired) electrons. The van der Waals surface area contributed by atoms with Crippen LogP contribution in [-0.2, 0) is 4.79 Å². The molecule has 5 heteroatoms. The summed E-state index contributed by atoms with van der Waals surface area (Å²) in [7, 11) is 0. The van der Waals surface area contributed by atoms with E-state index in [4.69, 9.17) is 5.11 Å². The molecule has 0 saturated heterocycles. The van der Waals surface area contributed by atoms with Gasteiger partial charge < -0.3 is 5.11 Å². The zero-order valence-electron chi connectivity index (χ0n) is 20.8.